The minimum absolute atomic E-state index is 0.0837. The van der Waals surface area contributed by atoms with Crippen LogP contribution in [0.15, 0.2) is 54.6 Å². The molecule has 13 nitrogen and oxygen atoms in total. The van der Waals surface area contributed by atoms with Gasteiger partial charge in [0.15, 0.2) is 0 Å². The molecular weight excluding hydrogens is 652 g/mol. The Kier molecular flexibility index (Phi) is 16.5. The third-order valence-corrected chi connectivity index (χ3v) is 9.47. The number of benzene rings is 1. The maximum absolute atomic E-state index is 12.3. The predicted molar refractivity (Wildman–Crippen MR) is 183 cm³/mol. The summed E-state index contributed by atoms with van der Waals surface area (Å²) in [6.07, 6.45) is 2.61. The standard InChI is InChI=1S/C27H36O11.C10H18O2/c1-15(21(37-18(4)28)16(2)13-19-9-7-6-8-10-19)11-12-25(5)20(29)14-26(38-25,23(32)33)27(36,24(34)35)17(3)22(30)31;1-4-8(2)7-9(3)5-6-10(11)12/h6-10,16-17,20-21,29,36H,1,11-14H2,2-5H3,(H,30,31)(H,32,33)(H,34,35);5-6,8-9H,4,7H2,1-3H3,(H,11,12)/b;6-5+/t16-,17?,20-,21-,25?,26?,27?;8-,9+/m10/s1. The molecule has 0 saturated carbocycles. The Labute approximate surface area is 293 Å². The second-order valence-electron chi connectivity index (χ2n) is 13.7. The smallest absolute Gasteiger partial charge is 0.340 e. The molecule has 0 bridgehead atoms. The molecule has 2 rings (SSSR count). The summed E-state index contributed by atoms with van der Waals surface area (Å²) in [5, 5.41) is 59.3. The first-order chi connectivity index (χ1) is 23.1. The molecule has 1 heterocycles. The Morgan fingerprint density at radius 2 is 1.64 bits per heavy atom. The van der Waals surface area contributed by atoms with Crippen LogP contribution < -0.4 is 0 Å². The quantitative estimate of drug-likeness (QED) is 0.0690. The Balaban J connectivity index is 0.000000885. The first-order valence-electron chi connectivity index (χ1n) is 16.7. The van der Waals surface area contributed by atoms with Gasteiger partial charge in [0.05, 0.1) is 17.6 Å². The maximum atomic E-state index is 12.3. The van der Waals surface area contributed by atoms with E-state index in [4.69, 9.17) is 14.6 Å². The highest BCUT2D eigenvalue weighted by atomic mass is 16.6. The van der Waals surface area contributed by atoms with E-state index in [0.717, 1.165) is 25.3 Å². The zero-order valence-electron chi connectivity index (χ0n) is 30.0. The summed E-state index contributed by atoms with van der Waals surface area (Å²) in [6.45, 7) is 15.8. The van der Waals surface area contributed by atoms with E-state index in [1.807, 2.05) is 44.2 Å². The highest BCUT2D eigenvalue weighted by Crippen LogP contribution is 2.49. The first kappa shape index (κ1) is 44.0. The monoisotopic (exact) mass is 706 g/mol. The molecule has 1 aromatic rings. The van der Waals surface area contributed by atoms with Gasteiger partial charge in [-0.25, -0.2) is 14.4 Å². The number of ether oxygens (including phenoxy) is 2. The van der Waals surface area contributed by atoms with Gasteiger partial charge in [-0.05, 0) is 62.5 Å². The number of carbonyl (C=O) groups excluding carboxylic acids is 1. The summed E-state index contributed by atoms with van der Waals surface area (Å²) >= 11 is 0. The molecule has 6 N–H and O–H groups in total. The van der Waals surface area contributed by atoms with E-state index in [1.165, 1.54) is 19.9 Å². The molecule has 1 aromatic carbocycles. The van der Waals surface area contributed by atoms with Crippen molar-refractivity contribution in [1.82, 2.24) is 0 Å². The maximum Gasteiger partial charge on any atom is 0.340 e. The van der Waals surface area contributed by atoms with Gasteiger partial charge in [-0.1, -0.05) is 77.1 Å². The van der Waals surface area contributed by atoms with E-state index in [2.05, 4.69) is 20.4 Å². The molecule has 9 atom stereocenters. The number of hydrogen-bond acceptors (Lipinski definition) is 9. The first-order valence-corrected chi connectivity index (χ1v) is 16.7. The van der Waals surface area contributed by atoms with Gasteiger partial charge < -0.3 is 40.1 Å². The second-order valence-corrected chi connectivity index (χ2v) is 13.7. The molecule has 0 spiro atoms. The molecule has 1 saturated heterocycles. The topological polar surface area (TPSA) is 225 Å². The number of aliphatic hydroxyl groups is 2. The molecule has 0 aliphatic carbocycles. The van der Waals surface area contributed by atoms with Crippen LogP contribution in [0.3, 0.4) is 0 Å². The largest absolute Gasteiger partial charge is 0.481 e. The van der Waals surface area contributed by atoms with Crippen molar-refractivity contribution in [1.29, 1.82) is 0 Å². The summed E-state index contributed by atoms with van der Waals surface area (Å²) in [6, 6.07) is 9.51. The lowest BCUT2D eigenvalue weighted by Gasteiger charge is -2.41. The number of carboxylic acid groups (broad SMARTS) is 4. The van der Waals surface area contributed by atoms with Gasteiger partial charge in [0, 0.05) is 25.3 Å². The summed E-state index contributed by atoms with van der Waals surface area (Å²) in [5.41, 5.74) is -6.58. The second kappa shape index (κ2) is 18.8. The van der Waals surface area contributed by atoms with Gasteiger partial charge >= 0.3 is 29.8 Å². The zero-order chi connectivity index (χ0) is 38.6. The number of aliphatic hydroxyl groups excluding tert-OH is 1. The van der Waals surface area contributed by atoms with E-state index in [9.17, 15) is 49.5 Å². The van der Waals surface area contributed by atoms with Crippen LogP contribution in [0.25, 0.3) is 0 Å². The number of esters is 1. The zero-order valence-corrected chi connectivity index (χ0v) is 30.0. The van der Waals surface area contributed by atoms with Crippen LogP contribution in [0.2, 0.25) is 0 Å². The Bertz CT molecular complexity index is 1370. The average Bonchev–Trinajstić information content (AvgIpc) is 3.32. The van der Waals surface area contributed by atoms with Crippen LogP contribution >= 0.6 is 0 Å². The minimum Gasteiger partial charge on any atom is -0.481 e. The Morgan fingerprint density at radius 1 is 1.06 bits per heavy atom. The molecule has 13 heteroatoms. The third kappa shape index (κ3) is 11.2. The lowest BCUT2D eigenvalue weighted by Crippen LogP contribution is -2.68. The van der Waals surface area contributed by atoms with Crippen molar-refractivity contribution < 1.29 is 64.1 Å². The lowest BCUT2D eigenvalue weighted by molar-refractivity contribution is -0.238. The van der Waals surface area contributed by atoms with E-state index in [1.54, 1.807) is 6.08 Å². The Morgan fingerprint density at radius 3 is 2.10 bits per heavy atom. The van der Waals surface area contributed by atoms with Crippen molar-refractivity contribution in [3.63, 3.8) is 0 Å². The molecule has 0 radical (unpaired) electrons. The molecule has 280 valence electrons. The fourth-order valence-electron chi connectivity index (χ4n) is 6.18. The van der Waals surface area contributed by atoms with Gasteiger partial charge in [0.2, 0.25) is 11.2 Å². The van der Waals surface area contributed by atoms with Crippen LogP contribution in [0.1, 0.15) is 86.1 Å². The van der Waals surface area contributed by atoms with Crippen molar-refractivity contribution in [2.75, 3.05) is 0 Å². The molecule has 4 unspecified atom stereocenters. The van der Waals surface area contributed by atoms with Gasteiger partial charge in [0.25, 0.3) is 0 Å². The van der Waals surface area contributed by atoms with E-state index in [0.29, 0.717) is 23.8 Å². The van der Waals surface area contributed by atoms with E-state index < -0.39 is 71.2 Å². The fraction of sp³-hybridized carbons (Fsp3) is 0.595. The third-order valence-electron chi connectivity index (χ3n) is 9.47. The van der Waals surface area contributed by atoms with Crippen LogP contribution in [-0.2, 0) is 39.9 Å². The SMILES string of the molecule is C=C(CCC1(C)OC(C(=O)O)(C(O)(C(=O)O)C(C)C(=O)O)C[C@H]1O)[C@@H](OC(C)=O)[C@H](C)Cc1ccccc1.CC[C@H](C)C[C@H](C)/C=C/C(=O)O. The van der Waals surface area contributed by atoms with Crippen molar-refractivity contribution in [3.05, 3.63) is 60.2 Å². The molecule has 1 fully saturated rings. The van der Waals surface area contributed by atoms with E-state index >= 15 is 0 Å². The van der Waals surface area contributed by atoms with Crippen LogP contribution in [-0.4, -0.2) is 89.5 Å². The van der Waals surface area contributed by atoms with Crippen molar-refractivity contribution >= 4 is 29.8 Å². The number of carbonyl (C=O) groups is 5. The molecule has 1 aliphatic rings. The summed E-state index contributed by atoms with van der Waals surface area (Å²) in [5.74, 6) is -8.41. The molecule has 0 amide bonds. The molecule has 1 aliphatic heterocycles. The highest BCUT2D eigenvalue weighted by Gasteiger charge is 2.73. The van der Waals surface area contributed by atoms with Gasteiger partial charge in [-0.2, -0.15) is 0 Å². The number of carboxylic acids is 4. The fourth-order valence-corrected chi connectivity index (χ4v) is 6.18. The van der Waals surface area contributed by atoms with Crippen molar-refractivity contribution in [2.45, 2.75) is 116 Å². The molecule has 0 aromatic heterocycles. The average molecular weight is 707 g/mol. The molecular formula is C37H54O13. The van der Waals surface area contributed by atoms with Crippen LogP contribution in [0.4, 0.5) is 0 Å². The summed E-state index contributed by atoms with van der Waals surface area (Å²) in [4.78, 5) is 58.0. The predicted octanol–water partition coefficient (Wildman–Crippen LogP) is 4.73. The van der Waals surface area contributed by atoms with Gasteiger partial charge in [0.1, 0.15) is 6.10 Å². The van der Waals surface area contributed by atoms with Crippen molar-refractivity contribution in [2.24, 2.45) is 23.7 Å². The number of rotatable bonds is 18. The number of allylic oxidation sites excluding steroid dienone is 1. The minimum atomic E-state index is -3.40. The molecule has 50 heavy (non-hydrogen) atoms. The normalized spacial score (nSPS) is 24.4. The van der Waals surface area contributed by atoms with Crippen LogP contribution in [0.5, 0.6) is 0 Å². The van der Waals surface area contributed by atoms with Gasteiger partial charge in [-0.15, -0.1) is 0 Å². The number of aliphatic carboxylic acids is 4. The van der Waals surface area contributed by atoms with Crippen molar-refractivity contribution in [3.8, 4) is 0 Å². The number of hydrogen-bond donors (Lipinski definition) is 6. The summed E-state index contributed by atoms with van der Waals surface area (Å²) < 4.78 is 11.2. The Hall–Kier alpha value is -4.07. The summed E-state index contributed by atoms with van der Waals surface area (Å²) in [7, 11) is 0. The van der Waals surface area contributed by atoms with Crippen LogP contribution in [0, 0.1) is 23.7 Å². The highest BCUT2D eigenvalue weighted by molar-refractivity contribution is 5.95. The van der Waals surface area contributed by atoms with E-state index in [-0.39, 0.29) is 18.8 Å². The van der Waals surface area contributed by atoms with Gasteiger partial charge in [-0.3, -0.25) is 9.59 Å². The lowest BCUT2D eigenvalue weighted by atomic mass is 9.72.